The van der Waals surface area contributed by atoms with Crippen LogP contribution in [0.3, 0.4) is 0 Å². The van der Waals surface area contributed by atoms with Crippen LogP contribution in [0.5, 0.6) is 0 Å². The molecule has 1 atom stereocenters. The number of aliphatic hydroxyl groups excluding tert-OH is 1. The molecule has 1 unspecified atom stereocenters. The standard InChI is InChI=1S/C13H25NO/c1-2-11-3-5-13(6-4-11)14-8-7-12(9-14)10-15/h11-13,15H,2-10H2,1H3. The Hall–Kier alpha value is -0.0800. The minimum absolute atomic E-state index is 0.390. The third-order valence-electron chi connectivity index (χ3n) is 4.49. The zero-order valence-corrected chi connectivity index (χ0v) is 9.99. The van der Waals surface area contributed by atoms with E-state index in [1.54, 1.807) is 0 Å². The summed E-state index contributed by atoms with van der Waals surface area (Å²) < 4.78 is 0. The van der Waals surface area contributed by atoms with Crippen LogP contribution in [0, 0.1) is 11.8 Å². The summed E-state index contributed by atoms with van der Waals surface area (Å²) in [7, 11) is 0. The molecule has 1 N–H and O–H groups in total. The third kappa shape index (κ3) is 2.73. The number of rotatable bonds is 3. The van der Waals surface area contributed by atoms with Crippen LogP contribution in [0.15, 0.2) is 0 Å². The van der Waals surface area contributed by atoms with E-state index in [-0.39, 0.29) is 0 Å². The number of likely N-dealkylation sites (tertiary alicyclic amines) is 1. The second-order valence-corrected chi connectivity index (χ2v) is 5.42. The van der Waals surface area contributed by atoms with Gasteiger partial charge in [-0.3, -0.25) is 0 Å². The van der Waals surface area contributed by atoms with E-state index in [0.717, 1.165) is 18.5 Å². The quantitative estimate of drug-likeness (QED) is 0.774. The van der Waals surface area contributed by atoms with Crippen molar-refractivity contribution in [3.63, 3.8) is 0 Å². The van der Waals surface area contributed by atoms with Gasteiger partial charge in [-0.1, -0.05) is 13.3 Å². The molecule has 0 aromatic heterocycles. The molecule has 0 aromatic rings. The van der Waals surface area contributed by atoms with Gasteiger partial charge in [-0.2, -0.15) is 0 Å². The van der Waals surface area contributed by atoms with Crippen molar-refractivity contribution in [3.8, 4) is 0 Å². The Labute approximate surface area is 93.7 Å². The lowest BCUT2D eigenvalue weighted by Gasteiger charge is -2.34. The maximum atomic E-state index is 9.14. The molecule has 2 fully saturated rings. The second-order valence-electron chi connectivity index (χ2n) is 5.42. The Bertz CT molecular complexity index is 187. The molecule has 0 bridgehead atoms. The molecule has 15 heavy (non-hydrogen) atoms. The van der Waals surface area contributed by atoms with Gasteiger partial charge in [-0.25, -0.2) is 0 Å². The van der Waals surface area contributed by atoms with E-state index >= 15 is 0 Å². The van der Waals surface area contributed by atoms with Crippen LogP contribution in [0.4, 0.5) is 0 Å². The molecule has 1 aliphatic carbocycles. The predicted octanol–water partition coefficient (Wildman–Crippen LogP) is 2.27. The normalized spacial score (nSPS) is 38.4. The summed E-state index contributed by atoms with van der Waals surface area (Å²) >= 11 is 0. The summed E-state index contributed by atoms with van der Waals surface area (Å²) in [5.74, 6) is 1.56. The molecule has 0 spiro atoms. The van der Waals surface area contributed by atoms with Crippen molar-refractivity contribution >= 4 is 0 Å². The van der Waals surface area contributed by atoms with Crippen molar-refractivity contribution in [2.24, 2.45) is 11.8 Å². The van der Waals surface area contributed by atoms with Gasteiger partial charge in [0.1, 0.15) is 0 Å². The first-order valence-electron chi connectivity index (χ1n) is 6.68. The largest absolute Gasteiger partial charge is 0.396 e. The average Bonchev–Trinajstić information content (AvgIpc) is 2.78. The Morgan fingerprint density at radius 2 is 1.80 bits per heavy atom. The van der Waals surface area contributed by atoms with Gasteiger partial charge in [0.25, 0.3) is 0 Å². The van der Waals surface area contributed by atoms with Crippen LogP contribution in [0.2, 0.25) is 0 Å². The van der Waals surface area contributed by atoms with E-state index in [9.17, 15) is 0 Å². The molecule has 1 heterocycles. The summed E-state index contributed by atoms with van der Waals surface area (Å²) in [6.45, 7) is 5.09. The predicted molar refractivity (Wildman–Crippen MR) is 62.8 cm³/mol. The molecular weight excluding hydrogens is 186 g/mol. The molecule has 88 valence electrons. The number of hydrogen-bond donors (Lipinski definition) is 1. The van der Waals surface area contributed by atoms with Crippen molar-refractivity contribution in [2.45, 2.75) is 51.5 Å². The summed E-state index contributed by atoms with van der Waals surface area (Å²) in [6, 6.07) is 0.837. The number of hydrogen-bond acceptors (Lipinski definition) is 2. The van der Waals surface area contributed by atoms with Gasteiger partial charge in [0.2, 0.25) is 0 Å². The van der Waals surface area contributed by atoms with Gasteiger partial charge in [-0.05, 0) is 50.5 Å². The third-order valence-corrected chi connectivity index (χ3v) is 4.49. The van der Waals surface area contributed by atoms with Gasteiger partial charge >= 0.3 is 0 Å². The molecule has 1 aliphatic heterocycles. The minimum Gasteiger partial charge on any atom is -0.396 e. The maximum Gasteiger partial charge on any atom is 0.0471 e. The van der Waals surface area contributed by atoms with Crippen LogP contribution in [-0.2, 0) is 0 Å². The summed E-state index contributed by atoms with van der Waals surface area (Å²) in [4.78, 5) is 2.63. The van der Waals surface area contributed by atoms with Crippen molar-refractivity contribution in [3.05, 3.63) is 0 Å². The van der Waals surface area contributed by atoms with Crippen LogP contribution in [0.1, 0.15) is 45.4 Å². The Balaban J connectivity index is 1.76. The lowest BCUT2D eigenvalue weighted by molar-refractivity contribution is 0.149. The Morgan fingerprint density at radius 3 is 2.33 bits per heavy atom. The lowest BCUT2D eigenvalue weighted by atomic mass is 9.84. The second kappa shape index (κ2) is 5.31. The Kier molecular flexibility index (Phi) is 4.04. The van der Waals surface area contributed by atoms with Gasteiger partial charge in [0.15, 0.2) is 0 Å². The molecule has 2 heteroatoms. The first kappa shape index (κ1) is 11.4. The molecule has 2 rings (SSSR count). The summed E-state index contributed by atoms with van der Waals surface area (Å²) in [5, 5.41) is 9.14. The molecular formula is C13H25NO. The van der Waals surface area contributed by atoms with Gasteiger partial charge in [0, 0.05) is 19.2 Å². The van der Waals surface area contributed by atoms with E-state index in [2.05, 4.69) is 11.8 Å². The smallest absolute Gasteiger partial charge is 0.0471 e. The van der Waals surface area contributed by atoms with Crippen molar-refractivity contribution < 1.29 is 5.11 Å². The zero-order valence-electron chi connectivity index (χ0n) is 9.99. The molecule has 1 saturated carbocycles. The zero-order chi connectivity index (χ0) is 10.7. The molecule has 2 aliphatic rings. The summed E-state index contributed by atoms with van der Waals surface area (Å²) in [5.41, 5.74) is 0. The lowest BCUT2D eigenvalue weighted by Crippen LogP contribution is -2.36. The fourth-order valence-electron chi connectivity index (χ4n) is 3.26. The van der Waals surface area contributed by atoms with Gasteiger partial charge in [0.05, 0.1) is 0 Å². The Morgan fingerprint density at radius 1 is 1.07 bits per heavy atom. The van der Waals surface area contributed by atoms with E-state index in [0.29, 0.717) is 12.5 Å². The fourth-order valence-corrected chi connectivity index (χ4v) is 3.26. The SMILES string of the molecule is CCC1CCC(N2CCC(CO)C2)CC1. The maximum absolute atomic E-state index is 9.14. The first-order chi connectivity index (χ1) is 7.33. The first-order valence-corrected chi connectivity index (χ1v) is 6.68. The van der Waals surface area contributed by atoms with E-state index < -0.39 is 0 Å². The van der Waals surface area contributed by atoms with Gasteiger partial charge in [-0.15, -0.1) is 0 Å². The van der Waals surface area contributed by atoms with Crippen molar-refractivity contribution in [2.75, 3.05) is 19.7 Å². The monoisotopic (exact) mass is 211 g/mol. The van der Waals surface area contributed by atoms with Crippen LogP contribution in [-0.4, -0.2) is 35.7 Å². The van der Waals surface area contributed by atoms with Crippen LogP contribution < -0.4 is 0 Å². The fraction of sp³-hybridized carbons (Fsp3) is 1.00. The molecule has 0 aromatic carbocycles. The van der Waals surface area contributed by atoms with E-state index in [1.807, 2.05) is 0 Å². The summed E-state index contributed by atoms with van der Waals surface area (Å²) in [6.07, 6.45) is 8.24. The topological polar surface area (TPSA) is 23.5 Å². The van der Waals surface area contributed by atoms with Crippen molar-refractivity contribution in [1.82, 2.24) is 4.90 Å². The average molecular weight is 211 g/mol. The highest BCUT2D eigenvalue weighted by atomic mass is 16.3. The van der Waals surface area contributed by atoms with Gasteiger partial charge < -0.3 is 10.0 Å². The minimum atomic E-state index is 0.390. The van der Waals surface area contributed by atoms with Crippen LogP contribution in [0.25, 0.3) is 0 Å². The van der Waals surface area contributed by atoms with E-state index in [1.165, 1.54) is 45.1 Å². The van der Waals surface area contributed by atoms with E-state index in [4.69, 9.17) is 5.11 Å². The molecule has 0 amide bonds. The van der Waals surface area contributed by atoms with Crippen LogP contribution >= 0.6 is 0 Å². The number of nitrogens with zero attached hydrogens (tertiary/aromatic N) is 1. The van der Waals surface area contributed by atoms with Crippen molar-refractivity contribution in [1.29, 1.82) is 0 Å². The molecule has 0 radical (unpaired) electrons. The highest BCUT2D eigenvalue weighted by Crippen LogP contribution is 2.31. The highest BCUT2D eigenvalue weighted by Gasteiger charge is 2.30. The molecule has 2 nitrogen and oxygen atoms in total. The number of aliphatic hydroxyl groups is 1. The highest BCUT2D eigenvalue weighted by molar-refractivity contribution is 4.84. The molecule has 1 saturated heterocycles.